The van der Waals surface area contributed by atoms with E-state index in [1.807, 2.05) is 0 Å². The lowest BCUT2D eigenvalue weighted by Crippen LogP contribution is -2.21. The SMILES string of the molecule is CC(C)(C)c1c2c(c(C(F)(F)F)c3c1CCC3)CCC2. The summed E-state index contributed by atoms with van der Waals surface area (Å²) >= 11 is 0. The average molecular weight is 282 g/mol. The van der Waals surface area contributed by atoms with Gasteiger partial charge in [0.15, 0.2) is 0 Å². The molecular weight excluding hydrogens is 261 g/mol. The minimum Gasteiger partial charge on any atom is -0.166 e. The minimum atomic E-state index is -4.20. The molecule has 0 amide bonds. The molecule has 2 aliphatic rings. The van der Waals surface area contributed by atoms with E-state index in [4.69, 9.17) is 0 Å². The Kier molecular flexibility index (Phi) is 2.97. The molecule has 0 bridgehead atoms. The second-order valence-corrected chi connectivity index (χ2v) is 7.12. The van der Waals surface area contributed by atoms with E-state index in [0.717, 1.165) is 36.8 Å². The van der Waals surface area contributed by atoms with E-state index in [1.165, 1.54) is 5.56 Å². The number of hydrogen-bond acceptors (Lipinski definition) is 0. The van der Waals surface area contributed by atoms with Crippen LogP contribution in [-0.4, -0.2) is 0 Å². The molecule has 0 heterocycles. The van der Waals surface area contributed by atoms with Crippen molar-refractivity contribution in [3.05, 3.63) is 33.4 Å². The van der Waals surface area contributed by atoms with Gasteiger partial charge in [-0.3, -0.25) is 0 Å². The van der Waals surface area contributed by atoms with Crippen molar-refractivity contribution in [2.24, 2.45) is 0 Å². The molecule has 0 nitrogen and oxygen atoms in total. The van der Waals surface area contributed by atoms with Gasteiger partial charge in [0.2, 0.25) is 0 Å². The van der Waals surface area contributed by atoms with E-state index in [2.05, 4.69) is 20.8 Å². The molecule has 0 spiro atoms. The van der Waals surface area contributed by atoms with Crippen LogP contribution in [0.2, 0.25) is 0 Å². The Morgan fingerprint density at radius 1 is 0.650 bits per heavy atom. The van der Waals surface area contributed by atoms with Gasteiger partial charge in [-0.05, 0) is 71.8 Å². The summed E-state index contributed by atoms with van der Waals surface area (Å²) in [6.45, 7) is 6.40. The van der Waals surface area contributed by atoms with Crippen LogP contribution in [0.3, 0.4) is 0 Å². The van der Waals surface area contributed by atoms with E-state index in [1.54, 1.807) is 0 Å². The first kappa shape index (κ1) is 14.0. The normalized spacial score (nSPS) is 18.3. The summed E-state index contributed by atoms with van der Waals surface area (Å²) in [5.74, 6) is 0. The Hall–Kier alpha value is -0.990. The third-order valence-electron chi connectivity index (χ3n) is 4.68. The van der Waals surface area contributed by atoms with E-state index in [9.17, 15) is 13.2 Å². The van der Waals surface area contributed by atoms with Crippen LogP contribution in [0.15, 0.2) is 0 Å². The standard InChI is InChI=1S/C17H21F3/c1-16(2,3)14-10-6-4-8-12(10)15(17(18,19)20)13-9-5-7-11(13)14/h4-9H2,1-3H3. The number of rotatable bonds is 0. The van der Waals surface area contributed by atoms with E-state index >= 15 is 0 Å². The first-order chi connectivity index (χ1) is 9.21. The summed E-state index contributed by atoms with van der Waals surface area (Å²) in [5, 5.41) is 0. The van der Waals surface area contributed by atoms with E-state index in [-0.39, 0.29) is 11.0 Å². The predicted molar refractivity (Wildman–Crippen MR) is 74.2 cm³/mol. The zero-order valence-electron chi connectivity index (χ0n) is 12.4. The molecular formula is C17H21F3. The molecule has 2 aliphatic carbocycles. The molecule has 0 saturated heterocycles. The molecule has 1 aromatic rings. The highest BCUT2D eigenvalue weighted by Gasteiger charge is 2.42. The fourth-order valence-electron chi connectivity index (χ4n) is 4.20. The van der Waals surface area contributed by atoms with Crippen LogP contribution in [0.1, 0.15) is 67.0 Å². The van der Waals surface area contributed by atoms with Gasteiger partial charge in [-0.1, -0.05) is 20.8 Å². The summed E-state index contributed by atoms with van der Waals surface area (Å²) in [4.78, 5) is 0. The molecule has 0 N–H and O–H groups in total. The van der Waals surface area contributed by atoms with Crippen molar-refractivity contribution < 1.29 is 13.2 Å². The zero-order chi connectivity index (χ0) is 14.7. The van der Waals surface area contributed by atoms with Gasteiger partial charge in [-0.2, -0.15) is 13.2 Å². The minimum absolute atomic E-state index is 0.0625. The molecule has 0 saturated carbocycles. The van der Waals surface area contributed by atoms with Crippen LogP contribution in [0, 0.1) is 0 Å². The Balaban J connectivity index is 2.38. The zero-order valence-corrected chi connectivity index (χ0v) is 12.4. The highest BCUT2D eigenvalue weighted by Crippen LogP contribution is 2.48. The smallest absolute Gasteiger partial charge is 0.166 e. The van der Waals surface area contributed by atoms with Crippen molar-refractivity contribution in [1.82, 2.24) is 0 Å². The largest absolute Gasteiger partial charge is 0.416 e. The summed E-state index contributed by atoms with van der Waals surface area (Å²) in [6.07, 6.45) is 0.367. The molecule has 0 atom stereocenters. The fourth-order valence-corrected chi connectivity index (χ4v) is 4.20. The second-order valence-electron chi connectivity index (χ2n) is 7.12. The number of alkyl halides is 3. The monoisotopic (exact) mass is 282 g/mol. The lowest BCUT2D eigenvalue weighted by atomic mass is 9.76. The van der Waals surface area contributed by atoms with Crippen molar-refractivity contribution >= 4 is 0 Å². The Bertz CT molecular complexity index is 475. The van der Waals surface area contributed by atoms with Crippen molar-refractivity contribution in [1.29, 1.82) is 0 Å². The van der Waals surface area contributed by atoms with Crippen molar-refractivity contribution in [2.75, 3.05) is 0 Å². The van der Waals surface area contributed by atoms with Gasteiger partial charge in [-0.25, -0.2) is 0 Å². The summed E-state index contributed by atoms with van der Waals surface area (Å²) < 4.78 is 40.6. The van der Waals surface area contributed by atoms with Gasteiger partial charge in [-0.15, -0.1) is 0 Å². The van der Waals surface area contributed by atoms with Gasteiger partial charge >= 0.3 is 6.18 Å². The number of fused-ring (bicyclic) bond motifs is 2. The van der Waals surface area contributed by atoms with Crippen molar-refractivity contribution in [3.63, 3.8) is 0 Å². The van der Waals surface area contributed by atoms with Crippen LogP contribution in [0.4, 0.5) is 13.2 Å². The van der Waals surface area contributed by atoms with Crippen LogP contribution < -0.4 is 0 Å². The van der Waals surface area contributed by atoms with E-state index < -0.39 is 6.18 Å². The highest BCUT2D eigenvalue weighted by molar-refractivity contribution is 5.58. The fraction of sp³-hybridized carbons (Fsp3) is 0.647. The maximum absolute atomic E-state index is 13.5. The third-order valence-corrected chi connectivity index (χ3v) is 4.68. The third kappa shape index (κ3) is 1.97. The topological polar surface area (TPSA) is 0 Å². The van der Waals surface area contributed by atoms with Crippen LogP contribution >= 0.6 is 0 Å². The summed E-state index contributed by atoms with van der Waals surface area (Å²) in [6, 6.07) is 0. The van der Waals surface area contributed by atoms with Crippen LogP contribution in [0.25, 0.3) is 0 Å². The second kappa shape index (κ2) is 4.25. The van der Waals surface area contributed by atoms with Crippen LogP contribution in [-0.2, 0) is 37.3 Å². The first-order valence-corrected chi connectivity index (χ1v) is 7.48. The maximum Gasteiger partial charge on any atom is 0.416 e. The lowest BCUT2D eigenvalue weighted by Gasteiger charge is -2.29. The van der Waals surface area contributed by atoms with Gasteiger partial charge < -0.3 is 0 Å². The van der Waals surface area contributed by atoms with Gasteiger partial charge in [0, 0.05) is 0 Å². The van der Waals surface area contributed by atoms with Gasteiger partial charge in [0.05, 0.1) is 5.56 Å². The summed E-state index contributed by atoms with van der Waals surface area (Å²) in [5.41, 5.74) is 4.16. The Morgan fingerprint density at radius 2 is 1.00 bits per heavy atom. The first-order valence-electron chi connectivity index (χ1n) is 7.48. The lowest BCUT2D eigenvalue weighted by molar-refractivity contribution is -0.138. The van der Waals surface area contributed by atoms with Gasteiger partial charge in [0.1, 0.15) is 0 Å². The number of benzene rings is 1. The highest BCUT2D eigenvalue weighted by atomic mass is 19.4. The molecule has 1 aromatic carbocycles. The molecule has 0 unspecified atom stereocenters. The number of halogens is 3. The molecule has 0 aliphatic heterocycles. The van der Waals surface area contributed by atoms with Crippen molar-refractivity contribution in [2.45, 2.75) is 70.9 Å². The molecule has 20 heavy (non-hydrogen) atoms. The Morgan fingerprint density at radius 3 is 1.30 bits per heavy atom. The van der Waals surface area contributed by atoms with Gasteiger partial charge in [0.25, 0.3) is 0 Å². The molecule has 0 fully saturated rings. The average Bonchev–Trinajstić information content (AvgIpc) is 2.88. The molecule has 3 heteroatoms. The quantitative estimate of drug-likeness (QED) is 0.629. The molecule has 3 rings (SSSR count). The summed E-state index contributed by atoms with van der Waals surface area (Å²) in [7, 11) is 0. The number of hydrogen-bond donors (Lipinski definition) is 0. The van der Waals surface area contributed by atoms with Crippen molar-refractivity contribution in [3.8, 4) is 0 Å². The molecule has 0 radical (unpaired) electrons. The maximum atomic E-state index is 13.5. The van der Waals surface area contributed by atoms with Crippen LogP contribution in [0.5, 0.6) is 0 Å². The molecule has 0 aromatic heterocycles. The Labute approximate surface area is 118 Å². The predicted octanol–water partition coefficient (Wildman–Crippen LogP) is 4.98. The molecule has 110 valence electrons. The van der Waals surface area contributed by atoms with E-state index in [0.29, 0.717) is 24.0 Å².